The van der Waals surface area contributed by atoms with Gasteiger partial charge in [0.2, 0.25) is 0 Å². The van der Waals surface area contributed by atoms with E-state index in [0.29, 0.717) is 32.4 Å². The molecule has 8 nitrogen and oxygen atoms in total. The third-order valence-corrected chi connectivity index (χ3v) is 8.91. The summed E-state index contributed by atoms with van der Waals surface area (Å²) < 4.78 is 29.0. The van der Waals surface area contributed by atoms with Gasteiger partial charge in [-0.3, -0.25) is 4.72 Å². The first kappa shape index (κ1) is 24.4. The van der Waals surface area contributed by atoms with Gasteiger partial charge in [0.25, 0.3) is 10.0 Å². The van der Waals surface area contributed by atoms with Crippen molar-refractivity contribution in [3.63, 3.8) is 0 Å². The average molecular weight is 645 g/mol. The van der Waals surface area contributed by atoms with Crippen LogP contribution >= 0.6 is 45.5 Å². The standard InChI is InChI=1S/C24H14ClIN6O2S2/c25-15-6-7-17(19(26)11-15)21-18(12-27)22(35-23(21)24-29-13-30-31-24)14-8-9-28-20(10-14)32-36(33,34)16-4-2-1-3-5-16/h1-11,13H,(H,28,32)(H,29,30,31). The van der Waals surface area contributed by atoms with E-state index in [1.807, 2.05) is 12.1 Å². The van der Waals surface area contributed by atoms with E-state index >= 15 is 0 Å². The van der Waals surface area contributed by atoms with Crippen LogP contribution in [-0.4, -0.2) is 28.6 Å². The Labute approximate surface area is 229 Å². The van der Waals surface area contributed by atoms with Crippen LogP contribution in [0.1, 0.15) is 5.56 Å². The van der Waals surface area contributed by atoms with Crippen LogP contribution in [0.15, 0.2) is 78.1 Å². The number of aromatic nitrogens is 4. The second-order valence-corrected chi connectivity index (χ2v) is 11.7. The maximum Gasteiger partial charge on any atom is 0.263 e. The van der Waals surface area contributed by atoms with Crippen LogP contribution in [0.4, 0.5) is 5.82 Å². The molecule has 3 heterocycles. The molecule has 3 aromatic heterocycles. The molecule has 12 heteroatoms. The van der Waals surface area contributed by atoms with Gasteiger partial charge >= 0.3 is 0 Å². The van der Waals surface area contributed by atoms with E-state index in [2.05, 4.69) is 53.5 Å². The van der Waals surface area contributed by atoms with E-state index in [-0.39, 0.29) is 10.7 Å². The van der Waals surface area contributed by atoms with E-state index in [0.717, 1.165) is 14.0 Å². The highest BCUT2D eigenvalue weighted by atomic mass is 127. The number of nitrogens with one attached hydrogen (secondary N) is 2. The van der Waals surface area contributed by atoms with Crippen molar-refractivity contribution in [2.24, 2.45) is 0 Å². The molecule has 0 fully saturated rings. The number of hydrogen-bond acceptors (Lipinski definition) is 7. The molecule has 0 radical (unpaired) electrons. The van der Waals surface area contributed by atoms with E-state index in [1.165, 1.54) is 36.0 Å². The highest BCUT2D eigenvalue weighted by Crippen LogP contribution is 2.47. The van der Waals surface area contributed by atoms with Gasteiger partial charge in [0.15, 0.2) is 5.82 Å². The number of halogens is 2. The zero-order chi connectivity index (χ0) is 25.3. The van der Waals surface area contributed by atoms with Crippen LogP contribution in [0.5, 0.6) is 0 Å². The van der Waals surface area contributed by atoms with Crippen LogP contribution < -0.4 is 4.72 Å². The lowest BCUT2D eigenvalue weighted by atomic mass is 9.98. The van der Waals surface area contributed by atoms with Gasteiger partial charge in [-0.2, -0.15) is 5.26 Å². The Bertz CT molecular complexity index is 1720. The number of nitrogens with zero attached hydrogens (tertiary/aromatic N) is 4. The summed E-state index contributed by atoms with van der Waals surface area (Å²) in [5, 5.41) is 18.9. The Hall–Kier alpha value is -3.31. The Morgan fingerprint density at radius 2 is 1.89 bits per heavy atom. The van der Waals surface area contributed by atoms with Gasteiger partial charge in [-0.25, -0.2) is 13.4 Å². The fraction of sp³-hybridized carbons (Fsp3) is 0. The van der Waals surface area contributed by atoms with E-state index in [1.54, 1.807) is 36.4 Å². The van der Waals surface area contributed by atoms with Crippen molar-refractivity contribution in [2.75, 3.05) is 4.72 Å². The summed E-state index contributed by atoms with van der Waals surface area (Å²) in [7, 11) is -3.83. The predicted molar refractivity (Wildman–Crippen MR) is 148 cm³/mol. The molecule has 5 rings (SSSR count). The number of anilines is 1. The first-order valence-corrected chi connectivity index (χ1v) is 14.1. The third-order valence-electron chi connectivity index (χ3n) is 5.17. The van der Waals surface area contributed by atoms with Crippen molar-refractivity contribution in [3.8, 4) is 38.3 Å². The number of pyridine rings is 1. The van der Waals surface area contributed by atoms with Gasteiger partial charge in [0, 0.05) is 20.4 Å². The van der Waals surface area contributed by atoms with Crippen molar-refractivity contribution < 1.29 is 8.42 Å². The molecule has 0 atom stereocenters. The van der Waals surface area contributed by atoms with Crippen LogP contribution in [-0.2, 0) is 10.0 Å². The SMILES string of the molecule is N#Cc1c(-c2ccnc(NS(=O)(=O)c3ccccc3)c2)sc(-c2nnc[nH]2)c1-c1ccc(Cl)cc1I. The summed E-state index contributed by atoms with van der Waals surface area (Å²) in [6.07, 6.45) is 2.97. The number of thiophene rings is 1. The molecule has 0 saturated carbocycles. The number of H-pyrrole nitrogens is 1. The Balaban J connectivity index is 1.65. The molecule has 0 bridgehead atoms. The topological polar surface area (TPSA) is 124 Å². The van der Waals surface area contributed by atoms with E-state index in [9.17, 15) is 13.7 Å². The van der Waals surface area contributed by atoms with E-state index in [4.69, 9.17) is 11.6 Å². The molecule has 0 aliphatic rings. The highest BCUT2D eigenvalue weighted by Gasteiger charge is 2.25. The molecular weight excluding hydrogens is 631 g/mol. The Morgan fingerprint density at radius 1 is 1.08 bits per heavy atom. The maximum absolute atomic E-state index is 12.8. The quantitative estimate of drug-likeness (QED) is 0.212. The van der Waals surface area contributed by atoms with Crippen LogP contribution in [0.3, 0.4) is 0 Å². The molecule has 0 aliphatic carbocycles. The molecule has 36 heavy (non-hydrogen) atoms. The van der Waals surface area contributed by atoms with Crippen LogP contribution in [0.2, 0.25) is 5.02 Å². The van der Waals surface area contributed by atoms with Gasteiger partial charge in [0.1, 0.15) is 18.2 Å². The average Bonchev–Trinajstić information content (AvgIpc) is 3.53. The summed E-state index contributed by atoms with van der Waals surface area (Å²) in [6, 6.07) is 19.2. The minimum atomic E-state index is -3.83. The minimum absolute atomic E-state index is 0.123. The van der Waals surface area contributed by atoms with Crippen molar-refractivity contribution in [2.45, 2.75) is 4.90 Å². The summed E-state index contributed by atoms with van der Waals surface area (Å²) in [5.41, 5.74) is 2.58. The third kappa shape index (κ3) is 4.72. The van der Waals surface area contributed by atoms with Crippen molar-refractivity contribution in [1.82, 2.24) is 20.2 Å². The minimum Gasteiger partial charge on any atom is -0.327 e. The monoisotopic (exact) mass is 644 g/mol. The van der Waals surface area contributed by atoms with Gasteiger partial charge in [-0.05, 0) is 70.1 Å². The fourth-order valence-electron chi connectivity index (χ4n) is 3.60. The Kier molecular flexibility index (Phi) is 6.76. The number of hydrogen-bond donors (Lipinski definition) is 2. The lowest BCUT2D eigenvalue weighted by Crippen LogP contribution is -2.13. The molecule has 0 amide bonds. The predicted octanol–water partition coefficient (Wildman–Crippen LogP) is 6.19. The molecule has 0 spiro atoms. The second kappa shape index (κ2) is 9.98. The number of aromatic amines is 1. The maximum atomic E-state index is 12.8. The van der Waals surface area contributed by atoms with Gasteiger partial charge in [-0.15, -0.1) is 21.5 Å². The molecule has 0 aliphatic heterocycles. The Morgan fingerprint density at radius 3 is 2.58 bits per heavy atom. The fourth-order valence-corrected chi connectivity index (χ4v) is 6.97. The van der Waals surface area contributed by atoms with Gasteiger partial charge in [0.05, 0.1) is 20.2 Å². The van der Waals surface area contributed by atoms with Crippen molar-refractivity contribution in [3.05, 3.63) is 87.3 Å². The van der Waals surface area contributed by atoms with E-state index < -0.39 is 10.0 Å². The normalized spacial score (nSPS) is 11.2. The lowest BCUT2D eigenvalue weighted by molar-refractivity contribution is 0.601. The lowest BCUT2D eigenvalue weighted by Gasteiger charge is -2.09. The summed E-state index contributed by atoms with van der Waals surface area (Å²) in [5.74, 6) is 0.653. The highest BCUT2D eigenvalue weighted by molar-refractivity contribution is 14.1. The second-order valence-electron chi connectivity index (χ2n) is 7.43. The number of benzene rings is 2. The summed E-state index contributed by atoms with van der Waals surface area (Å²) >= 11 is 9.71. The van der Waals surface area contributed by atoms with Gasteiger partial charge in [-0.1, -0.05) is 35.9 Å². The van der Waals surface area contributed by atoms with Crippen LogP contribution in [0, 0.1) is 14.9 Å². The number of rotatable bonds is 6. The summed E-state index contributed by atoms with van der Waals surface area (Å²) in [6.45, 7) is 0. The summed E-state index contributed by atoms with van der Waals surface area (Å²) in [4.78, 5) is 8.69. The molecule has 0 saturated heterocycles. The number of sulfonamides is 1. The zero-order valence-electron chi connectivity index (χ0n) is 18.1. The first-order valence-electron chi connectivity index (χ1n) is 10.3. The molecule has 2 N–H and O–H groups in total. The van der Waals surface area contributed by atoms with Gasteiger partial charge < -0.3 is 4.98 Å². The molecule has 2 aromatic carbocycles. The molecular formula is C24H14ClIN6O2S2. The van der Waals surface area contributed by atoms with Crippen molar-refractivity contribution >= 4 is 61.4 Å². The van der Waals surface area contributed by atoms with Crippen LogP contribution in [0.25, 0.3) is 32.3 Å². The zero-order valence-corrected chi connectivity index (χ0v) is 22.7. The number of nitriles is 1. The molecule has 5 aromatic rings. The smallest absolute Gasteiger partial charge is 0.263 e. The largest absolute Gasteiger partial charge is 0.327 e. The molecule has 178 valence electrons. The van der Waals surface area contributed by atoms with Crippen molar-refractivity contribution in [1.29, 1.82) is 5.26 Å². The molecule has 0 unspecified atom stereocenters. The first-order chi connectivity index (χ1) is 17.4.